The van der Waals surface area contributed by atoms with Crippen LogP contribution in [-0.4, -0.2) is 28.7 Å². The fourth-order valence-corrected chi connectivity index (χ4v) is 4.73. The molecule has 22 heavy (non-hydrogen) atoms. The highest BCUT2D eigenvalue weighted by Gasteiger charge is 2.44. The van der Waals surface area contributed by atoms with Crippen LogP contribution in [0, 0.1) is 0 Å². The topological polar surface area (TPSA) is 77.5 Å². The summed E-state index contributed by atoms with van der Waals surface area (Å²) in [5, 5.41) is 11.3. The number of carbonyl (C=O) groups excluding carboxylic acids is 3. The number of benzene rings is 1. The number of carboxylic acids is 1. The molecule has 0 fully saturated rings. The Morgan fingerprint density at radius 2 is 1.41 bits per heavy atom. The second kappa shape index (κ2) is 6.70. The summed E-state index contributed by atoms with van der Waals surface area (Å²) in [6.45, 7) is 1.77. The molecule has 0 radical (unpaired) electrons. The van der Waals surface area contributed by atoms with Crippen LogP contribution in [-0.2, 0) is 4.79 Å². The molecule has 0 N–H and O–H groups in total. The molecule has 5 nitrogen and oxygen atoms in total. The molecule has 1 heterocycles. The molecule has 1 atom stereocenters. The van der Waals surface area contributed by atoms with Crippen molar-refractivity contribution in [1.29, 1.82) is 0 Å². The highest BCUT2D eigenvalue weighted by molar-refractivity contribution is 9.15. The normalized spacial score (nSPS) is 15.2. The molecule has 0 saturated heterocycles. The molecule has 0 aromatic heterocycles. The van der Waals surface area contributed by atoms with Crippen LogP contribution in [0.3, 0.4) is 0 Å². The average molecular weight is 562 g/mol. The van der Waals surface area contributed by atoms with Crippen molar-refractivity contribution in [2.24, 2.45) is 0 Å². The Labute approximate surface area is 159 Å². The number of carbonyl (C=O) groups is 3. The van der Waals surface area contributed by atoms with Crippen LogP contribution in [0.2, 0.25) is 0 Å². The van der Waals surface area contributed by atoms with Crippen molar-refractivity contribution in [3.63, 3.8) is 0 Å². The van der Waals surface area contributed by atoms with E-state index in [9.17, 15) is 19.5 Å². The molecule has 0 spiro atoms. The van der Waals surface area contributed by atoms with Crippen LogP contribution in [0.1, 0.15) is 40.5 Å². The minimum atomic E-state index is -1.44. The molecule has 1 aromatic carbocycles. The van der Waals surface area contributed by atoms with E-state index in [1.54, 1.807) is 6.92 Å². The summed E-state index contributed by atoms with van der Waals surface area (Å²) in [4.78, 5) is 37.3. The van der Waals surface area contributed by atoms with E-state index < -0.39 is 23.8 Å². The van der Waals surface area contributed by atoms with Gasteiger partial charge in [-0.15, -0.1) is 0 Å². The lowest BCUT2D eigenvalue weighted by Crippen LogP contribution is -2.50. The van der Waals surface area contributed by atoms with Crippen molar-refractivity contribution in [3.05, 3.63) is 29.0 Å². The number of amides is 2. The van der Waals surface area contributed by atoms with E-state index >= 15 is 0 Å². The number of aliphatic carboxylic acids is 1. The first-order valence-electron chi connectivity index (χ1n) is 6.18. The summed E-state index contributed by atoms with van der Waals surface area (Å²) < 4.78 is 1.90. The van der Waals surface area contributed by atoms with Gasteiger partial charge in [0.25, 0.3) is 11.8 Å². The minimum Gasteiger partial charge on any atom is -0.548 e. The van der Waals surface area contributed by atoms with Crippen molar-refractivity contribution in [1.82, 2.24) is 4.90 Å². The first kappa shape index (κ1) is 18.1. The van der Waals surface area contributed by atoms with E-state index in [1.807, 2.05) is 0 Å². The number of imide groups is 1. The fourth-order valence-electron chi connectivity index (χ4n) is 2.28. The molecule has 9 heteroatoms. The first-order valence-corrected chi connectivity index (χ1v) is 9.35. The quantitative estimate of drug-likeness (QED) is 0.321. The lowest BCUT2D eigenvalue weighted by Gasteiger charge is -2.26. The summed E-state index contributed by atoms with van der Waals surface area (Å²) in [6, 6.07) is -1.28. The van der Waals surface area contributed by atoms with Crippen molar-refractivity contribution in [3.8, 4) is 0 Å². The van der Waals surface area contributed by atoms with E-state index in [0.29, 0.717) is 24.3 Å². The molecule has 0 unspecified atom stereocenters. The molecule has 1 aromatic rings. The van der Waals surface area contributed by atoms with Gasteiger partial charge in [0.15, 0.2) is 0 Å². The number of fused-ring (bicyclic) bond motifs is 1. The van der Waals surface area contributed by atoms with E-state index in [-0.39, 0.29) is 17.5 Å². The third kappa shape index (κ3) is 2.70. The molecule has 2 amide bonds. The van der Waals surface area contributed by atoms with Crippen molar-refractivity contribution in [2.45, 2.75) is 25.8 Å². The van der Waals surface area contributed by atoms with Crippen LogP contribution in [0.4, 0.5) is 0 Å². The molecule has 1 aliphatic rings. The second-order valence-electron chi connectivity index (χ2n) is 4.61. The highest BCUT2D eigenvalue weighted by Crippen LogP contribution is 2.45. The lowest BCUT2D eigenvalue weighted by molar-refractivity contribution is -0.310. The van der Waals surface area contributed by atoms with Crippen molar-refractivity contribution >= 4 is 81.5 Å². The van der Waals surface area contributed by atoms with Crippen LogP contribution < -0.4 is 5.11 Å². The number of nitrogens with zero attached hydrogens (tertiary/aromatic N) is 1. The first-order chi connectivity index (χ1) is 10.2. The molecule has 118 valence electrons. The molecular formula is C13H8Br4NO4-. The van der Waals surface area contributed by atoms with Crippen LogP contribution in [0.25, 0.3) is 0 Å². The number of rotatable bonds is 4. The number of hydrogen-bond acceptors (Lipinski definition) is 4. The number of carboxylic acid groups (broad SMARTS) is 1. The Morgan fingerprint density at radius 3 is 1.73 bits per heavy atom. The van der Waals surface area contributed by atoms with Gasteiger partial charge in [0.1, 0.15) is 0 Å². The Hall–Kier alpha value is -0.250. The van der Waals surface area contributed by atoms with E-state index in [2.05, 4.69) is 63.7 Å². The summed E-state index contributed by atoms with van der Waals surface area (Å²) >= 11 is 13.2. The average Bonchev–Trinajstić information content (AvgIpc) is 2.72. The van der Waals surface area contributed by atoms with Gasteiger partial charge in [-0.1, -0.05) is 13.3 Å². The molecule has 0 bridgehead atoms. The van der Waals surface area contributed by atoms with Crippen LogP contribution in [0.5, 0.6) is 0 Å². The van der Waals surface area contributed by atoms with Gasteiger partial charge < -0.3 is 9.90 Å². The monoisotopic (exact) mass is 558 g/mol. The summed E-state index contributed by atoms with van der Waals surface area (Å²) in [5.74, 6) is -2.74. The lowest BCUT2D eigenvalue weighted by atomic mass is 10.1. The third-order valence-electron chi connectivity index (χ3n) is 3.28. The second-order valence-corrected chi connectivity index (χ2v) is 7.78. The van der Waals surface area contributed by atoms with E-state index in [1.165, 1.54) is 0 Å². The maximum atomic E-state index is 12.6. The maximum absolute atomic E-state index is 12.6. The fraction of sp³-hybridized carbons (Fsp3) is 0.308. The zero-order valence-corrected chi connectivity index (χ0v) is 17.4. The maximum Gasteiger partial charge on any atom is 0.263 e. The summed E-state index contributed by atoms with van der Waals surface area (Å²) in [5.41, 5.74) is 0.267. The molecule has 1 aliphatic heterocycles. The number of halogens is 4. The molecular weight excluding hydrogens is 554 g/mol. The third-order valence-corrected chi connectivity index (χ3v) is 8.05. The highest BCUT2D eigenvalue weighted by atomic mass is 79.9. The minimum absolute atomic E-state index is 0.134. The SMILES string of the molecule is CCC[C@@H](C(=O)[O-])N1C(=O)c2c(Br)c(Br)c(Br)c(Br)c2C1=O. The van der Waals surface area contributed by atoms with Gasteiger partial charge in [0.05, 0.1) is 23.1 Å². The van der Waals surface area contributed by atoms with Crippen molar-refractivity contribution < 1.29 is 19.5 Å². The van der Waals surface area contributed by atoms with Gasteiger partial charge in [-0.25, -0.2) is 0 Å². The predicted molar refractivity (Wildman–Crippen MR) is 91.4 cm³/mol. The largest absolute Gasteiger partial charge is 0.548 e. The standard InChI is InChI=1S/C13H9Br4NO4/c1-2-3-4(13(21)22)18-11(19)5-6(12(18)20)8(15)10(17)9(16)7(5)14/h4H,2-3H2,1H3,(H,21,22)/p-1/t4-/m0/s1. The van der Waals surface area contributed by atoms with Crippen LogP contribution >= 0.6 is 63.7 Å². The Morgan fingerprint density at radius 1 is 1.00 bits per heavy atom. The van der Waals surface area contributed by atoms with E-state index in [4.69, 9.17) is 0 Å². The van der Waals surface area contributed by atoms with Gasteiger partial charge in [-0.2, -0.15) is 0 Å². The Kier molecular flexibility index (Phi) is 5.51. The van der Waals surface area contributed by atoms with Gasteiger partial charge in [0.2, 0.25) is 0 Å². The van der Waals surface area contributed by atoms with E-state index in [0.717, 1.165) is 4.90 Å². The molecule has 2 rings (SSSR count). The van der Waals surface area contributed by atoms with Gasteiger partial charge in [0, 0.05) is 17.9 Å². The molecule has 0 saturated carbocycles. The molecule has 0 aliphatic carbocycles. The zero-order valence-electron chi connectivity index (χ0n) is 11.1. The summed E-state index contributed by atoms with van der Waals surface area (Å²) in [7, 11) is 0. The zero-order chi connectivity index (χ0) is 16.8. The Balaban J connectivity index is 2.66. The van der Waals surface area contributed by atoms with Crippen LogP contribution in [0.15, 0.2) is 17.9 Å². The van der Waals surface area contributed by atoms with Gasteiger partial charge in [-0.3, -0.25) is 14.5 Å². The Bertz CT molecular complexity index is 657. The summed E-state index contributed by atoms with van der Waals surface area (Å²) in [6.07, 6.45) is 0.646. The predicted octanol–water partition coefficient (Wildman–Crippen LogP) is 3.25. The number of hydrogen-bond donors (Lipinski definition) is 0. The smallest absolute Gasteiger partial charge is 0.263 e. The van der Waals surface area contributed by atoms with Crippen molar-refractivity contribution in [2.75, 3.05) is 0 Å². The van der Waals surface area contributed by atoms with Gasteiger partial charge >= 0.3 is 0 Å². The van der Waals surface area contributed by atoms with Gasteiger partial charge in [-0.05, 0) is 70.1 Å².